The number of ether oxygens (including phenoxy) is 2. The summed E-state index contributed by atoms with van der Waals surface area (Å²) >= 11 is 0. The maximum absolute atomic E-state index is 11.8. The minimum absolute atomic E-state index is 0.0206. The van der Waals surface area contributed by atoms with E-state index in [1.54, 1.807) is 30.3 Å². The van der Waals surface area contributed by atoms with E-state index in [2.05, 4.69) is 14.8 Å². The fourth-order valence-corrected chi connectivity index (χ4v) is 2.18. The highest BCUT2D eigenvalue weighted by Gasteiger charge is 2.19. The fraction of sp³-hybridized carbons (Fsp3) is 0.118. The zero-order valence-corrected chi connectivity index (χ0v) is 13.0. The Morgan fingerprint density at radius 1 is 1.04 bits per heavy atom. The molecule has 7 heteroatoms. The van der Waals surface area contributed by atoms with E-state index >= 15 is 0 Å². The largest absolute Gasteiger partial charge is 0.478 e. The second-order valence-corrected chi connectivity index (χ2v) is 4.71. The van der Waals surface area contributed by atoms with Crippen LogP contribution >= 0.6 is 0 Å². The number of methoxy groups -OCH3 is 2. The smallest absolute Gasteiger partial charge is 0.354 e. The second kappa shape index (κ2) is 7.28. The Balaban J connectivity index is 2.56. The number of fused-ring (bicyclic) bond motifs is 1. The summed E-state index contributed by atoms with van der Waals surface area (Å²) in [6.45, 7) is 0. The van der Waals surface area contributed by atoms with Gasteiger partial charge in [0.25, 0.3) is 0 Å². The van der Waals surface area contributed by atoms with Gasteiger partial charge in [-0.05, 0) is 16.8 Å². The van der Waals surface area contributed by atoms with Gasteiger partial charge < -0.3 is 19.9 Å². The molecule has 0 heterocycles. The molecule has 0 amide bonds. The number of benzene rings is 2. The molecule has 0 bridgehead atoms. The van der Waals surface area contributed by atoms with E-state index in [0.29, 0.717) is 5.39 Å². The van der Waals surface area contributed by atoms with Crippen molar-refractivity contribution in [2.45, 2.75) is 0 Å². The van der Waals surface area contributed by atoms with Crippen LogP contribution in [0.2, 0.25) is 0 Å². The highest BCUT2D eigenvalue weighted by Crippen LogP contribution is 2.27. The molecule has 24 heavy (non-hydrogen) atoms. The maximum atomic E-state index is 11.8. The number of hydrogen-bond donors (Lipinski definition) is 2. The molecule has 0 atom stereocenters. The van der Waals surface area contributed by atoms with E-state index in [1.807, 2.05) is 0 Å². The molecule has 0 aliphatic heterocycles. The van der Waals surface area contributed by atoms with Crippen molar-refractivity contribution in [2.24, 2.45) is 0 Å². The number of esters is 2. The lowest BCUT2D eigenvalue weighted by Gasteiger charge is -2.13. The average Bonchev–Trinajstić information content (AvgIpc) is 2.59. The maximum Gasteiger partial charge on any atom is 0.354 e. The molecule has 0 aromatic heterocycles. The van der Waals surface area contributed by atoms with Crippen LogP contribution in [0.25, 0.3) is 10.8 Å². The minimum atomic E-state index is -1.17. The summed E-state index contributed by atoms with van der Waals surface area (Å²) in [5.74, 6) is -2.78. The molecule has 0 saturated heterocycles. The zero-order chi connectivity index (χ0) is 17.7. The number of carbonyl (C=O) groups excluding carboxylic acids is 2. The van der Waals surface area contributed by atoms with Crippen molar-refractivity contribution in [1.29, 1.82) is 0 Å². The first-order valence-corrected chi connectivity index (χ1v) is 6.88. The van der Waals surface area contributed by atoms with Crippen LogP contribution in [0, 0.1) is 0 Å². The average molecular weight is 329 g/mol. The van der Waals surface area contributed by atoms with E-state index in [-0.39, 0.29) is 16.9 Å². The van der Waals surface area contributed by atoms with E-state index in [4.69, 9.17) is 0 Å². The van der Waals surface area contributed by atoms with E-state index in [0.717, 1.165) is 25.7 Å². The van der Waals surface area contributed by atoms with E-state index in [9.17, 15) is 19.5 Å². The van der Waals surface area contributed by atoms with Gasteiger partial charge in [0, 0.05) is 0 Å². The summed E-state index contributed by atoms with van der Waals surface area (Å²) in [7, 11) is 2.31. The van der Waals surface area contributed by atoms with Crippen LogP contribution in [0.15, 0.2) is 48.2 Å². The normalized spacial score (nSPS) is 11.0. The summed E-state index contributed by atoms with van der Waals surface area (Å²) in [5, 5.41) is 13.4. The number of nitrogens with one attached hydrogen (secondary N) is 1. The molecule has 2 aromatic rings. The van der Waals surface area contributed by atoms with Crippen molar-refractivity contribution in [3.05, 3.63) is 53.7 Å². The summed E-state index contributed by atoms with van der Waals surface area (Å²) in [5.41, 5.74) is -0.100. The van der Waals surface area contributed by atoms with Crippen molar-refractivity contribution < 1.29 is 29.0 Å². The predicted octanol–water partition coefficient (Wildman–Crippen LogP) is 2.18. The number of hydrogen-bond acceptors (Lipinski definition) is 6. The third-order valence-corrected chi connectivity index (χ3v) is 3.28. The quantitative estimate of drug-likeness (QED) is 0.640. The number of carboxylic acid groups (broad SMARTS) is 1. The third kappa shape index (κ3) is 3.52. The van der Waals surface area contributed by atoms with Gasteiger partial charge in [0.2, 0.25) is 0 Å². The Kier molecular flexibility index (Phi) is 5.16. The van der Waals surface area contributed by atoms with Gasteiger partial charge in [0.1, 0.15) is 5.70 Å². The molecule has 124 valence electrons. The number of aromatic carboxylic acids is 1. The monoisotopic (exact) mass is 329 g/mol. The predicted molar refractivity (Wildman–Crippen MR) is 86.6 cm³/mol. The van der Waals surface area contributed by atoms with Crippen molar-refractivity contribution in [3.8, 4) is 0 Å². The van der Waals surface area contributed by atoms with Crippen molar-refractivity contribution in [2.75, 3.05) is 19.5 Å². The SMILES string of the molecule is COC(=O)/C=C(/Nc1ccc2ccccc2c1C(=O)O)C(=O)OC. The molecule has 0 spiro atoms. The van der Waals surface area contributed by atoms with Gasteiger partial charge in [-0.15, -0.1) is 0 Å². The highest BCUT2D eigenvalue weighted by atomic mass is 16.5. The van der Waals surface area contributed by atoms with E-state index in [1.165, 1.54) is 6.07 Å². The Hall–Kier alpha value is -3.35. The van der Waals surface area contributed by atoms with Crippen LogP contribution in [0.5, 0.6) is 0 Å². The highest BCUT2D eigenvalue weighted by molar-refractivity contribution is 6.10. The Labute approximate surface area is 137 Å². The number of anilines is 1. The van der Waals surface area contributed by atoms with Crippen LogP contribution < -0.4 is 5.32 Å². The molecule has 0 aliphatic rings. The van der Waals surface area contributed by atoms with Crippen LogP contribution in [0.4, 0.5) is 5.69 Å². The molecule has 2 N–H and O–H groups in total. The lowest BCUT2D eigenvalue weighted by atomic mass is 10.0. The summed E-state index contributed by atoms with van der Waals surface area (Å²) in [6.07, 6.45) is 0.895. The fourth-order valence-electron chi connectivity index (χ4n) is 2.18. The molecular weight excluding hydrogens is 314 g/mol. The molecule has 2 aromatic carbocycles. The van der Waals surface area contributed by atoms with Gasteiger partial charge in [-0.2, -0.15) is 0 Å². The summed E-state index contributed by atoms with van der Waals surface area (Å²) in [6, 6.07) is 10.2. The van der Waals surface area contributed by atoms with Crippen molar-refractivity contribution >= 4 is 34.4 Å². The van der Waals surface area contributed by atoms with Gasteiger partial charge >= 0.3 is 17.9 Å². The minimum Gasteiger partial charge on any atom is -0.478 e. The summed E-state index contributed by atoms with van der Waals surface area (Å²) in [4.78, 5) is 34.9. The molecular formula is C17H15NO6. The lowest BCUT2D eigenvalue weighted by Crippen LogP contribution is -2.17. The molecule has 0 fully saturated rings. The molecule has 0 saturated carbocycles. The second-order valence-electron chi connectivity index (χ2n) is 4.71. The van der Waals surface area contributed by atoms with Crippen LogP contribution in [-0.2, 0) is 19.1 Å². The molecule has 0 unspecified atom stereocenters. The van der Waals surface area contributed by atoms with Gasteiger partial charge in [0.15, 0.2) is 0 Å². The molecule has 0 radical (unpaired) electrons. The third-order valence-electron chi connectivity index (χ3n) is 3.28. The number of carboxylic acids is 1. The van der Waals surface area contributed by atoms with E-state index < -0.39 is 17.9 Å². The van der Waals surface area contributed by atoms with Crippen molar-refractivity contribution in [3.63, 3.8) is 0 Å². The first-order valence-electron chi connectivity index (χ1n) is 6.88. The topological polar surface area (TPSA) is 102 Å². The molecule has 7 nitrogen and oxygen atoms in total. The van der Waals surface area contributed by atoms with Crippen LogP contribution in [0.3, 0.4) is 0 Å². The van der Waals surface area contributed by atoms with Gasteiger partial charge in [-0.1, -0.05) is 30.3 Å². The standard InChI is InChI=1S/C17H15NO6/c1-23-14(19)9-13(17(22)24-2)18-12-8-7-10-5-3-4-6-11(10)15(12)16(20)21/h3-9,18H,1-2H3,(H,20,21)/b13-9+. The Bertz CT molecular complexity index is 840. The molecule has 0 aliphatic carbocycles. The van der Waals surface area contributed by atoms with Crippen LogP contribution in [0.1, 0.15) is 10.4 Å². The number of carbonyl (C=O) groups is 3. The van der Waals surface area contributed by atoms with Gasteiger partial charge in [0.05, 0.1) is 31.5 Å². The van der Waals surface area contributed by atoms with Crippen LogP contribution in [-0.4, -0.2) is 37.2 Å². The first-order chi connectivity index (χ1) is 11.5. The Morgan fingerprint density at radius 3 is 2.38 bits per heavy atom. The van der Waals surface area contributed by atoms with Crippen molar-refractivity contribution in [1.82, 2.24) is 0 Å². The lowest BCUT2D eigenvalue weighted by molar-refractivity contribution is -0.138. The van der Waals surface area contributed by atoms with Gasteiger partial charge in [-0.3, -0.25) is 0 Å². The first kappa shape index (κ1) is 17.0. The zero-order valence-electron chi connectivity index (χ0n) is 13.0. The Morgan fingerprint density at radius 2 is 1.75 bits per heavy atom. The summed E-state index contributed by atoms with van der Waals surface area (Å²) < 4.78 is 9.07. The number of rotatable bonds is 5. The molecule has 2 rings (SSSR count). The van der Waals surface area contributed by atoms with Gasteiger partial charge in [-0.25, -0.2) is 14.4 Å².